The first-order chi connectivity index (χ1) is 15.2. The minimum absolute atomic E-state index is 0.0372. The Hall–Kier alpha value is -3.16. The van der Waals surface area contributed by atoms with Gasteiger partial charge in [0, 0.05) is 22.2 Å². The number of hydrogen-bond acceptors (Lipinski definition) is 4. The maximum Gasteiger partial charge on any atom is 0.264 e. The topological polar surface area (TPSA) is 83.6 Å². The van der Waals surface area contributed by atoms with Crippen molar-refractivity contribution < 1.29 is 18.0 Å². The predicted molar refractivity (Wildman–Crippen MR) is 123 cm³/mol. The largest absolute Gasteiger partial charge is 0.280 e. The van der Waals surface area contributed by atoms with Gasteiger partial charge in [0.25, 0.3) is 5.91 Å². The average Bonchev–Trinajstić information content (AvgIpc) is 3.45. The third-order valence-corrected chi connectivity index (χ3v) is 6.90. The highest BCUT2D eigenvalue weighted by Gasteiger charge is 2.67. The summed E-state index contributed by atoms with van der Waals surface area (Å²) in [6, 6.07) is 21.7. The van der Waals surface area contributed by atoms with Gasteiger partial charge in [0.15, 0.2) is 0 Å². The number of fused-ring (bicyclic) bond motifs is 2. The normalized spacial score (nSPS) is 21.5. The van der Waals surface area contributed by atoms with Crippen molar-refractivity contribution >= 4 is 44.8 Å². The van der Waals surface area contributed by atoms with Crippen LogP contribution < -0.4 is 9.62 Å². The maximum absolute atomic E-state index is 13.8. The molecule has 1 saturated carbocycles. The molecule has 2 amide bonds. The van der Waals surface area contributed by atoms with Gasteiger partial charge in [-0.15, -0.1) is 0 Å². The monoisotopic (exact) mass is 466 g/mol. The molecule has 0 bridgehead atoms. The Morgan fingerprint density at radius 3 is 2.50 bits per heavy atom. The third-order valence-electron chi connectivity index (χ3n) is 6.09. The molecule has 1 fully saturated rings. The number of para-hydroxylation sites is 1. The SMILES string of the molecule is CS(=O)(=O)NC(=O)c1cccc(N2C(=O)[C@@]3(C[C@H]3c3ccc(Cl)cc3)c3ccccc32)c1. The average molecular weight is 467 g/mol. The molecular formula is C24H19ClN2O4S. The van der Waals surface area contributed by atoms with Crippen LogP contribution in [0, 0.1) is 0 Å². The molecule has 1 aliphatic heterocycles. The van der Waals surface area contributed by atoms with Crippen molar-refractivity contribution in [2.75, 3.05) is 11.2 Å². The minimum atomic E-state index is -3.70. The molecule has 0 saturated heterocycles. The number of halogens is 1. The molecule has 6 nitrogen and oxygen atoms in total. The Bertz CT molecular complexity index is 1370. The first-order valence-corrected chi connectivity index (χ1v) is 12.3. The highest BCUT2D eigenvalue weighted by atomic mass is 35.5. The Morgan fingerprint density at radius 2 is 1.78 bits per heavy atom. The molecule has 0 unspecified atom stereocenters. The van der Waals surface area contributed by atoms with Crippen LogP contribution in [0.2, 0.25) is 5.02 Å². The smallest absolute Gasteiger partial charge is 0.264 e. The van der Waals surface area contributed by atoms with Crippen molar-refractivity contribution in [1.29, 1.82) is 0 Å². The van der Waals surface area contributed by atoms with Crippen LogP contribution in [0.15, 0.2) is 72.8 Å². The number of benzene rings is 3. The molecule has 3 aromatic carbocycles. The van der Waals surface area contributed by atoms with E-state index in [-0.39, 0.29) is 17.4 Å². The number of carbonyl (C=O) groups excluding carboxylic acids is 2. The predicted octanol–water partition coefficient (Wildman–Crippen LogP) is 4.13. The lowest BCUT2D eigenvalue weighted by atomic mass is 9.92. The number of nitrogens with one attached hydrogen (secondary N) is 1. The summed E-state index contributed by atoms with van der Waals surface area (Å²) < 4.78 is 24.9. The van der Waals surface area contributed by atoms with Gasteiger partial charge in [-0.3, -0.25) is 14.5 Å². The minimum Gasteiger partial charge on any atom is -0.280 e. The van der Waals surface area contributed by atoms with Gasteiger partial charge in [-0.25, -0.2) is 13.1 Å². The van der Waals surface area contributed by atoms with Gasteiger partial charge in [-0.05, 0) is 53.9 Å². The standard InChI is InChI=1S/C24H19ClN2O4S/c1-32(30,31)26-22(28)16-5-4-6-18(13-16)27-21-8-3-2-7-19(21)24(23(27)29)14-20(24)15-9-11-17(25)12-10-15/h2-13,20H,14H2,1H3,(H,26,28)/t20-,24-/m0/s1. The number of carbonyl (C=O) groups is 2. The van der Waals surface area contributed by atoms with Crippen LogP contribution in [0.4, 0.5) is 11.4 Å². The Kier molecular flexibility index (Phi) is 4.65. The number of hydrogen-bond donors (Lipinski definition) is 1. The number of sulfonamides is 1. The van der Waals surface area contributed by atoms with E-state index in [1.54, 1.807) is 17.0 Å². The molecule has 5 rings (SSSR count). The van der Waals surface area contributed by atoms with E-state index >= 15 is 0 Å². The first-order valence-electron chi connectivity index (χ1n) is 10.0. The maximum atomic E-state index is 13.8. The van der Waals surface area contributed by atoms with Gasteiger partial charge >= 0.3 is 0 Å². The van der Waals surface area contributed by atoms with Crippen LogP contribution in [0.1, 0.15) is 33.8 Å². The Labute approximate surface area is 190 Å². The van der Waals surface area contributed by atoms with Crippen molar-refractivity contribution in [3.05, 3.63) is 94.5 Å². The number of anilines is 2. The summed E-state index contributed by atoms with van der Waals surface area (Å²) in [6.07, 6.45) is 1.61. The van der Waals surface area contributed by atoms with Crippen molar-refractivity contribution in [1.82, 2.24) is 4.72 Å². The number of nitrogens with zero attached hydrogens (tertiary/aromatic N) is 1. The van der Waals surface area contributed by atoms with Crippen LogP contribution in [-0.2, 0) is 20.2 Å². The van der Waals surface area contributed by atoms with Gasteiger partial charge in [-0.1, -0.05) is 48.0 Å². The molecule has 1 N–H and O–H groups in total. The van der Waals surface area contributed by atoms with Crippen LogP contribution in [0.25, 0.3) is 0 Å². The van der Waals surface area contributed by atoms with Gasteiger partial charge < -0.3 is 0 Å². The molecule has 2 aliphatic rings. The van der Waals surface area contributed by atoms with E-state index in [1.807, 2.05) is 53.3 Å². The Morgan fingerprint density at radius 1 is 1.06 bits per heavy atom. The molecule has 3 aromatic rings. The van der Waals surface area contributed by atoms with E-state index in [2.05, 4.69) is 0 Å². The molecule has 32 heavy (non-hydrogen) atoms. The number of amides is 2. The summed E-state index contributed by atoms with van der Waals surface area (Å²) >= 11 is 6.04. The molecule has 2 atom stereocenters. The fraction of sp³-hybridized carbons (Fsp3) is 0.167. The molecule has 0 aromatic heterocycles. The van der Waals surface area contributed by atoms with Crippen LogP contribution in [0.5, 0.6) is 0 Å². The van der Waals surface area contributed by atoms with Gasteiger partial charge in [-0.2, -0.15) is 0 Å². The summed E-state index contributed by atoms with van der Waals surface area (Å²) in [4.78, 5) is 27.8. The molecule has 1 heterocycles. The van der Waals surface area contributed by atoms with Gasteiger partial charge in [0.05, 0.1) is 17.4 Å². The second-order valence-electron chi connectivity index (χ2n) is 8.19. The van der Waals surface area contributed by atoms with E-state index in [0.717, 1.165) is 23.1 Å². The van der Waals surface area contributed by atoms with Crippen LogP contribution in [-0.4, -0.2) is 26.5 Å². The summed E-state index contributed by atoms with van der Waals surface area (Å²) in [5.74, 6) is -0.760. The summed E-state index contributed by atoms with van der Waals surface area (Å²) in [6.45, 7) is 0. The summed E-state index contributed by atoms with van der Waals surface area (Å²) in [5, 5.41) is 0.646. The second kappa shape index (κ2) is 7.18. The summed E-state index contributed by atoms with van der Waals surface area (Å²) in [5.41, 5.74) is 2.80. The van der Waals surface area contributed by atoms with E-state index < -0.39 is 21.3 Å². The molecule has 1 spiro atoms. The van der Waals surface area contributed by atoms with Gasteiger partial charge in [0.2, 0.25) is 15.9 Å². The van der Waals surface area contributed by atoms with Crippen molar-refractivity contribution in [3.8, 4) is 0 Å². The quantitative estimate of drug-likeness (QED) is 0.626. The fourth-order valence-electron chi connectivity index (χ4n) is 4.63. The molecule has 162 valence electrons. The second-order valence-corrected chi connectivity index (χ2v) is 10.4. The molecule has 0 radical (unpaired) electrons. The first kappa shape index (κ1) is 20.7. The zero-order chi connectivity index (χ0) is 22.7. The highest BCUT2D eigenvalue weighted by molar-refractivity contribution is 7.89. The van der Waals surface area contributed by atoms with E-state index in [4.69, 9.17) is 11.6 Å². The molecular weight excluding hydrogens is 448 g/mol. The van der Waals surface area contributed by atoms with Crippen molar-refractivity contribution in [3.63, 3.8) is 0 Å². The zero-order valence-corrected chi connectivity index (χ0v) is 18.7. The summed E-state index contributed by atoms with van der Waals surface area (Å²) in [7, 11) is -3.70. The van der Waals surface area contributed by atoms with Crippen LogP contribution in [0.3, 0.4) is 0 Å². The zero-order valence-electron chi connectivity index (χ0n) is 17.1. The van der Waals surface area contributed by atoms with E-state index in [9.17, 15) is 18.0 Å². The van der Waals surface area contributed by atoms with Crippen LogP contribution >= 0.6 is 11.6 Å². The Balaban J connectivity index is 1.55. The van der Waals surface area contributed by atoms with E-state index in [0.29, 0.717) is 17.1 Å². The van der Waals surface area contributed by atoms with Gasteiger partial charge in [0.1, 0.15) is 0 Å². The van der Waals surface area contributed by atoms with Crippen molar-refractivity contribution in [2.45, 2.75) is 17.8 Å². The lowest BCUT2D eigenvalue weighted by molar-refractivity contribution is -0.119. The number of rotatable bonds is 4. The van der Waals surface area contributed by atoms with E-state index in [1.165, 1.54) is 12.1 Å². The molecule has 1 aliphatic carbocycles. The lowest BCUT2D eigenvalue weighted by Gasteiger charge is -2.19. The third kappa shape index (κ3) is 3.29. The fourth-order valence-corrected chi connectivity index (χ4v) is 5.22. The highest BCUT2D eigenvalue weighted by Crippen LogP contribution is 2.67. The molecule has 8 heteroatoms. The van der Waals surface area contributed by atoms with Crippen molar-refractivity contribution in [2.24, 2.45) is 0 Å². The lowest BCUT2D eigenvalue weighted by Crippen LogP contribution is -2.31.